The average Bonchev–Trinajstić information content (AvgIpc) is 3.57. The number of aromatic nitrogens is 4. The predicted octanol–water partition coefficient (Wildman–Crippen LogP) is 4.67. The Labute approximate surface area is 218 Å². The van der Waals surface area contributed by atoms with Gasteiger partial charge in [-0.1, -0.05) is 24.3 Å². The van der Waals surface area contributed by atoms with Crippen molar-refractivity contribution in [3.05, 3.63) is 70.5 Å². The quantitative estimate of drug-likeness (QED) is 0.280. The van der Waals surface area contributed by atoms with Gasteiger partial charge in [0.1, 0.15) is 22.7 Å². The summed E-state index contributed by atoms with van der Waals surface area (Å²) in [5.41, 5.74) is 2.84. The molecule has 2 aromatic heterocycles. The number of hydrogen-bond donors (Lipinski definition) is 0. The molecule has 4 aromatic rings. The van der Waals surface area contributed by atoms with E-state index in [0.29, 0.717) is 31.2 Å². The maximum Gasteiger partial charge on any atom is 0.336 e. The van der Waals surface area contributed by atoms with Gasteiger partial charge in [-0.25, -0.2) is 4.98 Å². The van der Waals surface area contributed by atoms with Gasteiger partial charge in [0.25, 0.3) is 0 Å². The molecule has 1 fully saturated rings. The number of nitrogens with zero attached hydrogens (tertiary/aromatic N) is 5. The van der Waals surface area contributed by atoms with Crippen molar-refractivity contribution < 1.29 is 18.9 Å². The van der Waals surface area contributed by atoms with Crippen molar-refractivity contribution in [2.24, 2.45) is 0 Å². The lowest BCUT2D eigenvalue weighted by Gasteiger charge is -2.25. The summed E-state index contributed by atoms with van der Waals surface area (Å²) >= 11 is 3.55. The molecule has 0 saturated carbocycles. The van der Waals surface area contributed by atoms with Gasteiger partial charge in [-0.3, -0.25) is 0 Å². The van der Waals surface area contributed by atoms with E-state index in [0.717, 1.165) is 46.7 Å². The summed E-state index contributed by atoms with van der Waals surface area (Å²) in [5, 5.41) is 4.56. The van der Waals surface area contributed by atoms with E-state index in [1.165, 1.54) is 0 Å². The molecule has 1 unspecified atom stereocenters. The third-order valence-corrected chi connectivity index (χ3v) is 6.61. The summed E-state index contributed by atoms with van der Waals surface area (Å²) in [4.78, 5) is 11.6. The maximum atomic E-state index is 6.00. The molecule has 0 amide bonds. The molecule has 1 atom stereocenters. The van der Waals surface area contributed by atoms with Crippen LogP contribution in [0.3, 0.4) is 0 Å². The highest BCUT2D eigenvalue weighted by Gasteiger charge is 2.22. The minimum absolute atomic E-state index is 0.0636. The van der Waals surface area contributed by atoms with E-state index >= 15 is 0 Å². The Morgan fingerprint density at radius 2 is 1.64 bits per heavy atom. The number of halogens is 1. The van der Waals surface area contributed by atoms with Crippen molar-refractivity contribution in [1.29, 1.82) is 0 Å². The highest BCUT2D eigenvalue weighted by atomic mass is 79.9. The number of ether oxygens (including phenoxy) is 4. The van der Waals surface area contributed by atoms with Crippen LogP contribution in [-0.4, -0.2) is 53.1 Å². The summed E-state index contributed by atoms with van der Waals surface area (Å²) in [6.45, 7) is 2.37. The molecular formula is C26H28BrN5O4. The molecule has 0 spiro atoms. The smallest absolute Gasteiger partial charge is 0.336 e. The Balaban J connectivity index is 1.50. The van der Waals surface area contributed by atoms with E-state index < -0.39 is 0 Å². The van der Waals surface area contributed by atoms with Crippen LogP contribution in [0.15, 0.2) is 59.3 Å². The van der Waals surface area contributed by atoms with Crippen LogP contribution < -0.4 is 19.1 Å². The highest BCUT2D eigenvalue weighted by Crippen LogP contribution is 2.28. The van der Waals surface area contributed by atoms with Crippen LogP contribution in [-0.2, 0) is 17.8 Å². The van der Waals surface area contributed by atoms with Gasteiger partial charge in [-0.2, -0.15) is 9.50 Å². The second-order valence-corrected chi connectivity index (χ2v) is 9.35. The summed E-state index contributed by atoms with van der Waals surface area (Å²) in [6, 6.07) is 16.3. The number of anilines is 1. The Morgan fingerprint density at radius 1 is 1.00 bits per heavy atom. The number of benzene rings is 2. The summed E-state index contributed by atoms with van der Waals surface area (Å²) in [6.07, 6.45) is 3.80. The zero-order chi connectivity index (χ0) is 24.9. The van der Waals surface area contributed by atoms with Crippen molar-refractivity contribution in [3.8, 4) is 17.5 Å². The van der Waals surface area contributed by atoms with Gasteiger partial charge in [-0.05, 0) is 64.2 Å². The minimum Gasteiger partial charge on any atom is -0.497 e. The van der Waals surface area contributed by atoms with Crippen LogP contribution in [0.25, 0.3) is 5.65 Å². The van der Waals surface area contributed by atoms with Crippen molar-refractivity contribution in [2.45, 2.75) is 32.0 Å². The van der Waals surface area contributed by atoms with Crippen LogP contribution in [0.2, 0.25) is 0 Å². The Hall–Kier alpha value is -3.37. The van der Waals surface area contributed by atoms with Crippen LogP contribution in [0.4, 0.5) is 5.82 Å². The van der Waals surface area contributed by atoms with Crippen LogP contribution >= 0.6 is 15.9 Å². The van der Waals surface area contributed by atoms with Crippen molar-refractivity contribution >= 4 is 27.4 Å². The van der Waals surface area contributed by atoms with E-state index in [-0.39, 0.29) is 12.1 Å². The topological polar surface area (TPSA) is 83.2 Å². The second kappa shape index (κ2) is 11.1. The standard InChI is InChI=1S/C26H28BrN5O4/c1-33-20-9-5-18(6-10-20)15-31(16-19-7-11-21(34-2)12-8-19)25-24-28-14-23(27)32(24)30-26(29-25)36-17-22-4-3-13-35-22/h5-12,14,22H,3-4,13,15-17H2,1-2H3. The number of methoxy groups -OCH3 is 2. The van der Waals surface area contributed by atoms with Crippen LogP contribution in [0, 0.1) is 0 Å². The number of rotatable bonds is 10. The Bertz CT molecular complexity index is 1240. The van der Waals surface area contributed by atoms with E-state index in [2.05, 4.69) is 55.2 Å². The van der Waals surface area contributed by atoms with Crippen LogP contribution in [0.5, 0.6) is 17.5 Å². The SMILES string of the molecule is COc1ccc(CN(Cc2ccc(OC)cc2)c2nc(OCC3CCCO3)nn3c(Br)cnc23)cc1. The van der Waals surface area contributed by atoms with E-state index in [1.54, 1.807) is 24.9 Å². The summed E-state index contributed by atoms with van der Waals surface area (Å²) in [7, 11) is 3.33. The van der Waals surface area contributed by atoms with Crippen molar-refractivity contribution in [2.75, 3.05) is 32.3 Å². The first-order valence-corrected chi connectivity index (χ1v) is 12.6. The number of hydrogen-bond acceptors (Lipinski definition) is 8. The normalized spacial score (nSPS) is 15.2. The molecule has 9 nitrogen and oxygen atoms in total. The Morgan fingerprint density at radius 3 is 2.19 bits per heavy atom. The fourth-order valence-electron chi connectivity index (χ4n) is 4.15. The molecule has 0 aliphatic carbocycles. The van der Waals surface area contributed by atoms with Gasteiger partial charge in [-0.15, -0.1) is 5.10 Å². The fourth-order valence-corrected chi connectivity index (χ4v) is 4.50. The fraction of sp³-hybridized carbons (Fsp3) is 0.346. The van der Waals surface area contributed by atoms with Gasteiger partial charge in [0, 0.05) is 19.7 Å². The third kappa shape index (κ3) is 5.55. The minimum atomic E-state index is 0.0636. The highest BCUT2D eigenvalue weighted by molar-refractivity contribution is 9.10. The molecule has 3 heterocycles. The summed E-state index contributed by atoms with van der Waals surface area (Å²) in [5.74, 6) is 2.29. The van der Waals surface area contributed by atoms with Gasteiger partial charge >= 0.3 is 6.01 Å². The zero-order valence-corrected chi connectivity index (χ0v) is 21.8. The third-order valence-electron chi connectivity index (χ3n) is 6.07. The van der Waals surface area contributed by atoms with Gasteiger partial charge in [0.15, 0.2) is 11.5 Å². The van der Waals surface area contributed by atoms with Crippen LogP contribution in [0.1, 0.15) is 24.0 Å². The Kier molecular flexibility index (Phi) is 7.52. The molecule has 0 N–H and O–H groups in total. The van der Waals surface area contributed by atoms with Crippen molar-refractivity contribution in [3.63, 3.8) is 0 Å². The predicted molar refractivity (Wildman–Crippen MR) is 139 cm³/mol. The molecule has 0 bridgehead atoms. The second-order valence-electron chi connectivity index (χ2n) is 8.53. The molecule has 0 radical (unpaired) electrons. The van der Waals surface area contributed by atoms with E-state index in [4.69, 9.17) is 23.9 Å². The lowest BCUT2D eigenvalue weighted by molar-refractivity contribution is 0.0640. The maximum absolute atomic E-state index is 6.00. The summed E-state index contributed by atoms with van der Waals surface area (Å²) < 4.78 is 24.8. The van der Waals surface area contributed by atoms with Gasteiger partial charge in [0.2, 0.25) is 0 Å². The monoisotopic (exact) mass is 553 g/mol. The van der Waals surface area contributed by atoms with Gasteiger partial charge in [0.05, 0.1) is 26.5 Å². The molecule has 188 valence electrons. The molecule has 1 saturated heterocycles. The zero-order valence-electron chi connectivity index (χ0n) is 20.3. The molecule has 10 heteroatoms. The molecule has 5 rings (SSSR count). The number of fused-ring (bicyclic) bond motifs is 1. The first-order valence-electron chi connectivity index (χ1n) is 11.8. The number of imidazole rings is 1. The first-order chi connectivity index (χ1) is 17.6. The average molecular weight is 554 g/mol. The van der Waals surface area contributed by atoms with E-state index in [9.17, 15) is 0 Å². The molecule has 36 heavy (non-hydrogen) atoms. The lowest BCUT2D eigenvalue weighted by Crippen LogP contribution is -2.25. The molecule has 1 aliphatic rings. The lowest BCUT2D eigenvalue weighted by atomic mass is 10.1. The first kappa shape index (κ1) is 24.3. The molecular weight excluding hydrogens is 526 g/mol. The van der Waals surface area contributed by atoms with Crippen molar-refractivity contribution in [1.82, 2.24) is 19.6 Å². The molecule has 1 aliphatic heterocycles. The molecule has 2 aromatic carbocycles. The largest absolute Gasteiger partial charge is 0.497 e. The van der Waals surface area contributed by atoms with Gasteiger partial charge < -0.3 is 23.8 Å². The van der Waals surface area contributed by atoms with E-state index in [1.807, 2.05) is 24.3 Å².